The van der Waals surface area contributed by atoms with E-state index in [2.05, 4.69) is 0 Å². The van der Waals surface area contributed by atoms with E-state index in [4.69, 9.17) is 0 Å². The summed E-state index contributed by atoms with van der Waals surface area (Å²) in [5.74, 6) is -5.22. The minimum Gasteiger partial charge on any atom is -0.294 e. The summed E-state index contributed by atoms with van der Waals surface area (Å²) in [6.45, 7) is 0. The van der Waals surface area contributed by atoms with Crippen LogP contribution >= 0.6 is 0 Å². The Bertz CT molecular complexity index is 995. The Morgan fingerprint density at radius 2 is 1.35 bits per heavy atom. The first-order valence-electron chi connectivity index (χ1n) is 7.18. The Morgan fingerprint density at radius 1 is 0.846 bits per heavy atom. The van der Waals surface area contributed by atoms with Gasteiger partial charge in [0.25, 0.3) is 0 Å². The molecule has 0 heterocycles. The van der Waals surface area contributed by atoms with Crippen LogP contribution in [-0.2, 0) is 14.6 Å². The SMILES string of the molecule is O=C(/C=C/c1ccc(F)cc1F)CS(=O)(=O)/C=C/c1ccc(F)cc1F. The van der Waals surface area contributed by atoms with Crippen molar-refractivity contribution in [1.29, 1.82) is 0 Å². The standard InChI is InChI=1S/C18H12F4O3S/c19-14-4-1-12(17(21)9-14)3-6-16(23)11-26(24,25)8-7-13-2-5-15(20)10-18(13)22/h1-10H,11H2/b6-3+,8-7+. The first kappa shape index (κ1) is 19.6. The van der Waals surface area contributed by atoms with Crippen molar-refractivity contribution in [1.82, 2.24) is 0 Å². The Balaban J connectivity index is 2.07. The second kappa shape index (κ2) is 8.09. The van der Waals surface area contributed by atoms with Crippen LogP contribution in [0.15, 0.2) is 47.9 Å². The van der Waals surface area contributed by atoms with Gasteiger partial charge in [0.1, 0.15) is 29.0 Å². The van der Waals surface area contributed by atoms with Crippen LogP contribution < -0.4 is 0 Å². The van der Waals surface area contributed by atoms with E-state index in [0.717, 1.165) is 42.5 Å². The van der Waals surface area contributed by atoms with Crippen LogP contribution in [0.4, 0.5) is 17.6 Å². The fraction of sp³-hybridized carbons (Fsp3) is 0.0556. The molecule has 2 aromatic carbocycles. The molecule has 0 unspecified atom stereocenters. The smallest absolute Gasteiger partial charge is 0.179 e. The highest BCUT2D eigenvalue weighted by Crippen LogP contribution is 2.13. The molecule has 136 valence electrons. The average Bonchev–Trinajstić information content (AvgIpc) is 2.52. The summed E-state index contributed by atoms with van der Waals surface area (Å²) in [4.78, 5) is 11.7. The van der Waals surface area contributed by atoms with E-state index in [1.807, 2.05) is 0 Å². The number of sulfone groups is 1. The van der Waals surface area contributed by atoms with Crippen molar-refractivity contribution in [2.45, 2.75) is 0 Å². The van der Waals surface area contributed by atoms with Gasteiger partial charge >= 0.3 is 0 Å². The Hall–Kier alpha value is -2.74. The van der Waals surface area contributed by atoms with Gasteiger partial charge < -0.3 is 0 Å². The molecule has 0 N–H and O–H groups in total. The molecule has 0 atom stereocenters. The van der Waals surface area contributed by atoms with Gasteiger partial charge in [0.2, 0.25) is 0 Å². The zero-order chi connectivity index (χ0) is 19.3. The lowest BCUT2D eigenvalue weighted by Gasteiger charge is -1.99. The molecule has 0 saturated carbocycles. The maximum atomic E-state index is 13.4. The third kappa shape index (κ3) is 5.66. The Labute approximate surface area is 147 Å². The van der Waals surface area contributed by atoms with Gasteiger partial charge in [-0.15, -0.1) is 0 Å². The van der Waals surface area contributed by atoms with Gasteiger partial charge in [-0.1, -0.05) is 0 Å². The van der Waals surface area contributed by atoms with Crippen LogP contribution in [0.1, 0.15) is 11.1 Å². The van der Waals surface area contributed by atoms with Gasteiger partial charge in [-0.2, -0.15) is 0 Å². The molecule has 0 aromatic heterocycles. The molecule has 0 aliphatic heterocycles. The first-order chi connectivity index (χ1) is 12.2. The summed E-state index contributed by atoms with van der Waals surface area (Å²) < 4.78 is 76.1. The zero-order valence-electron chi connectivity index (χ0n) is 13.1. The van der Waals surface area contributed by atoms with Crippen LogP contribution in [0, 0.1) is 23.3 Å². The molecular weight excluding hydrogens is 372 g/mol. The van der Waals surface area contributed by atoms with Crippen molar-refractivity contribution in [3.05, 3.63) is 82.3 Å². The number of carbonyl (C=O) groups excluding carboxylic acids is 1. The number of hydrogen-bond acceptors (Lipinski definition) is 3. The van der Waals surface area contributed by atoms with E-state index in [9.17, 15) is 30.8 Å². The summed E-state index contributed by atoms with van der Waals surface area (Å²) in [7, 11) is -4.02. The van der Waals surface area contributed by atoms with Gasteiger partial charge in [0.05, 0.1) is 0 Å². The van der Waals surface area contributed by atoms with Crippen LogP contribution in [0.25, 0.3) is 12.2 Å². The van der Waals surface area contributed by atoms with Crippen molar-refractivity contribution in [2.24, 2.45) is 0 Å². The molecule has 0 spiro atoms. The summed E-state index contributed by atoms with van der Waals surface area (Å²) in [6.07, 6.45) is 2.77. The number of hydrogen-bond donors (Lipinski definition) is 0. The maximum absolute atomic E-state index is 13.4. The maximum Gasteiger partial charge on any atom is 0.179 e. The minimum atomic E-state index is -4.02. The van der Waals surface area contributed by atoms with Crippen molar-refractivity contribution >= 4 is 27.8 Å². The number of halogens is 4. The number of carbonyl (C=O) groups is 1. The number of rotatable bonds is 6. The second-order valence-corrected chi connectivity index (χ2v) is 7.13. The lowest BCUT2D eigenvalue weighted by Crippen LogP contribution is -2.11. The number of ketones is 1. The van der Waals surface area contributed by atoms with E-state index < -0.39 is 44.6 Å². The molecule has 0 aliphatic carbocycles. The summed E-state index contributed by atoms with van der Waals surface area (Å²) in [5.41, 5.74) is -0.243. The van der Waals surface area contributed by atoms with E-state index in [-0.39, 0.29) is 11.1 Å². The zero-order valence-corrected chi connectivity index (χ0v) is 13.9. The topological polar surface area (TPSA) is 51.2 Å². The van der Waals surface area contributed by atoms with Crippen molar-refractivity contribution in [3.8, 4) is 0 Å². The van der Waals surface area contributed by atoms with Crippen LogP contribution in [0.5, 0.6) is 0 Å². The predicted molar refractivity (Wildman–Crippen MR) is 89.6 cm³/mol. The molecule has 8 heteroatoms. The van der Waals surface area contributed by atoms with Gasteiger partial charge in [0, 0.05) is 28.7 Å². The van der Waals surface area contributed by atoms with Crippen LogP contribution in [0.3, 0.4) is 0 Å². The summed E-state index contributed by atoms with van der Waals surface area (Å²) in [5, 5.41) is 0.632. The minimum absolute atomic E-state index is 0.0823. The first-order valence-corrected chi connectivity index (χ1v) is 8.90. The highest BCUT2D eigenvalue weighted by Gasteiger charge is 2.12. The largest absolute Gasteiger partial charge is 0.294 e. The molecular formula is C18H12F4O3S. The van der Waals surface area contributed by atoms with Gasteiger partial charge in [-0.05, 0) is 42.5 Å². The van der Waals surface area contributed by atoms with Gasteiger partial charge in [0.15, 0.2) is 15.6 Å². The van der Waals surface area contributed by atoms with E-state index in [0.29, 0.717) is 17.5 Å². The Kier molecular flexibility index (Phi) is 6.10. The third-order valence-corrected chi connectivity index (χ3v) is 4.41. The van der Waals surface area contributed by atoms with Gasteiger partial charge in [-0.25, -0.2) is 26.0 Å². The Morgan fingerprint density at radius 3 is 1.85 bits per heavy atom. The molecule has 2 aromatic rings. The van der Waals surface area contributed by atoms with E-state index in [1.165, 1.54) is 0 Å². The number of allylic oxidation sites excluding steroid dienone is 1. The fourth-order valence-electron chi connectivity index (χ4n) is 1.93. The molecule has 0 aliphatic rings. The molecule has 26 heavy (non-hydrogen) atoms. The average molecular weight is 384 g/mol. The van der Waals surface area contributed by atoms with Crippen molar-refractivity contribution < 1.29 is 30.8 Å². The monoisotopic (exact) mass is 384 g/mol. The fourth-order valence-corrected chi connectivity index (χ4v) is 2.87. The van der Waals surface area contributed by atoms with E-state index >= 15 is 0 Å². The highest BCUT2D eigenvalue weighted by atomic mass is 32.2. The second-order valence-electron chi connectivity index (χ2n) is 5.24. The lowest BCUT2D eigenvalue weighted by molar-refractivity contribution is -0.112. The van der Waals surface area contributed by atoms with Gasteiger partial charge in [-0.3, -0.25) is 4.79 Å². The molecule has 3 nitrogen and oxygen atoms in total. The van der Waals surface area contributed by atoms with Crippen LogP contribution in [0.2, 0.25) is 0 Å². The highest BCUT2D eigenvalue weighted by molar-refractivity contribution is 7.95. The summed E-state index contributed by atoms with van der Waals surface area (Å²) >= 11 is 0. The predicted octanol–water partition coefficient (Wildman–Crippen LogP) is 3.91. The quantitative estimate of drug-likeness (QED) is 0.561. The molecule has 0 saturated heterocycles. The normalized spacial score (nSPS) is 12.2. The van der Waals surface area contributed by atoms with Crippen molar-refractivity contribution in [3.63, 3.8) is 0 Å². The molecule has 2 rings (SSSR count). The lowest BCUT2D eigenvalue weighted by atomic mass is 10.2. The molecule has 0 fully saturated rings. The molecule has 0 bridgehead atoms. The molecule has 0 radical (unpaired) electrons. The molecule has 0 amide bonds. The van der Waals surface area contributed by atoms with E-state index in [1.54, 1.807) is 0 Å². The van der Waals surface area contributed by atoms with Crippen molar-refractivity contribution in [2.75, 3.05) is 5.75 Å². The summed E-state index contributed by atoms with van der Waals surface area (Å²) in [6, 6.07) is 5.32. The van der Waals surface area contributed by atoms with Crippen LogP contribution in [-0.4, -0.2) is 20.0 Å². The number of benzene rings is 2. The third-order valence-electron chi connectivity index (χ3n) is 3.17.